The monoisotopic (exact) mass is 296 g/mol. The Morgan fingerprint density at radius 1 is 1.00 bits per heavy atom. The summed E-state index contributed by atoms with van der Waals surface area (Å²) in [6.07, 6.45) is 4.85. The molecule has 2 heterocycles. The van der Waals surface area contributed by atoms with E-state index in [1.165, 1.54) is 32.2 Å². The quantitative estimate of drug-likeness (QED) is 0.812. The molecule has 4 heteroatoms. The van der Waals surface area contributed by atoms with Crippen LogP contribution in [0.5, 0.6) is 0 Å². The molecule has 0 aromatic rings. The van der Waals surface area contributed by atoms with E-state index in [1.54, 1.807) is 0 Å². The lowest BCUT2D eigenvalue weighted by Crippen LogP contribution is -2.69. The van der Waals surface area contributed by atoms with Crippen molar-refractivity contribution in [3.63, 3.8) is 0 Å². The zero-order chi connectivity index (χ0) is 15.8. The van der Waals surface area contributed by atoms with Crippen molar-refractivity contribution < 1.29 is 0 Å². The Labute approximate surface area is 131 Å². The van der Waals surface area contributed by atoms with E-state index in [2.05, 4.69) is 44.4 Å². The molecular weight excluding hydrogens is 260 g/mol. The molecule has 0 aromatic carbocycles. The molecule has 0 saturated carbocycles. The number of piperidine rings is 1. The van der Waals surface area contributed by atoms with Gasteiger partial charge < -0.3 is 11.5 Å². The van der Waals surface area contributed by atoms with Gasteiger partial charge in [-0.05, 0) is 66.8 Å². The molecule has 0 radical (unpaired) electrons. The highest BCUT2D eigenvalue weighted by Gasteiger charge is 2.42. The first-order chi connectivity index (χ1) is 9.63. The molecule has 2 aliphatic rings. The highest BCUT2D eigenvalue weighted by Crippen LogP contribution is 2.34. The standard InChI is InChI=1S/C17H36N4/c1-13-15(19)12-21(13)17(4,5)9-8-16(2,3)20-10-6-7-14(18)11-20/h13-15H,6-12,18-19H2,1-5H3/t13-,14+,15?/m0/s1. The van der Waals surface area contributed by atoms with Crippen molar-refractivity contribution in [1.29, 1.82) is 0 Å². The van der Waals surface area contributed by atoms with E-state index >= 15 is 0 Å². The average Bonchev–Trinajstić information content (AvgIpc) is 2.42. The van der Waals surface area contributed by atoms with Crippen molar-refractivity contribution in [1.82, 2.24) is 9.80 Å². The van der Waals surface area contributed by atoms with Gasteiger partial charge in [-0.1, -0.05) is 0 Å². The molecule has 2 fully saturated rings. The predicted octanol–water partition coefficient (Wildman–Crippen LogP) is 1.78. The van der Waals surface area contributed by atoms with Crippen molar-refractivity contribution in [2.45, 2.75) is 89.5 Å². The summed E-state index contributed by atoms with van der Waals surface area (Å²) >= 11 is 0. The number of hydrogen-bond acceptors (Lipinski definition) is 4. The number of nitrogens with two attached hydrogens (primary N) is 2. The van der Waals surface area contributed by atoms with Crippen LogP contribution in [0.25, 0.3) is 0 Å². The van der Waals surface area contributed by atoms with Gasteiger partial charge >= 0.3 is 0 Å². The van der Waals surface area contributed by atoms with Gasteiger partial charge in [0.25, 0.3) is 0 Å². The van der Waals surface area contributed by atoms with Crippen molar-refractivity contribution in [2.24, 2.45) is 11.5 Å². The topological polar surface area (TPSA) is 58.5 Å². The fourth-order valence-electron chi connectivity index (χ4n) is 3.91. The normalized spacial score (nSPS) is 33.0. The highest BCUT2D eigenvalue weighted by molar-refractivity contribution is 5.01. The van der Waals surface area contributed by atoms with E-state index in [1.807, 2.05) is 0 Å². The Morgan fingerprint density at radius 2 is 1.62 bits per heavy atom. The molecule has 2 saturated heterocycles. The minimum atomic E-state index is 0.241. The summed E-state index contributed by atoms with van der Waals surface area (Å²) in [4.78, 5) is 5.16. The van der Waals surface area contributed by atoms with Crippen LogP contribution in [-0.4, -0.2) is 58.6 Å². The van der Waals surface area contributed by atoms with Gasteiger partial charge in [-0.15, -0.1) is 0 Å². The van der Waals surface area contributed by atoms with E-state index in [-0.39, 0.29) is 11.1 Å². The minimum absolute atomic E-state index is 0.241. The largest absolute Gasteiger partial charge is 0.327 e. The maximum atomic E-state index is 6.15. The third-order valence-corrected chi connectivity index (χ3v) is 5.96. The molecule has 4 N–H and O–H groups in total. The third kappa shape index (κ3) is 3.79. The van der Waals surface area contributed by atoms with Crippen LogP contribution in [0.15, 0.2) is 0 Å². The second-order valence-electron chi connectivity index (χ2n) is 8.53. The van der Waals surface area contributed by atoms with Crippen LogP contribution < -0.4 is 11.5 Å². The molecule has 2 rings (SSSR count). The van der Waals surface area contributed by atoms with Gasteiger partial charge in [0.15, 0.2) is 0 Å². The Kier molecular flexibility index (Phi) is 5.04. The average molecular weight is 297 g/mol. The predicted molar refractivity (Wildman–Crippen MR) is 90.3 cm³/mol. The van der Waals surface area contributed by atoms with Gasteiger partial charge in [0.05, 0.1) is 0 Å². The fraction of sp³-hybridized carbons (Fsp3) is 1.00. The SMILES string of the molecule is C[C@H]1C(N)CN1C(C)(C)CCC(C)(C)N1CCC[C@@H](N)C1. The zero-order valence-corrected chi connectivity index (χ0v) is 14.7. The molecule has 0 bridgehead atoms. The van der Waals surface area contributed by atoms with E-state index in [4.69, 9.17) is 11.5 Å². The van der Waals surface area contributed by atoms with Gasteiger partial charge in [0, 0.05) is 42.3 Å². The molecule has 2 aliphatic heterocycles. The maximum absolute atomic E-state index is 6.15. The van der Waals surface area contributed by atoms with E-state index in [0.29, 0.717) is 18.1 Å². The zero-order valence-electron chi connectivity index (χ0n) is 14.7. The van der Waals surface area contributed by atoms with Crippen LogP contribution in [0.2, 0.25) is 0 Å². The van der Waals surface area contributed by atoms with Crippen molar-refractivity contribution in [3.8, 4) is 0 Å². The van der Waals surface area contributed by atoms with Crippen LogP contribution in [0.1, 0.15) is 60.3 Å². The second-order valence-corrected chi connectivity index (χ2v) is 8.53. The molecule has 0 amide bonds. The molecule has 0 spiro atoms. The number of nitrogens with zero attached hydrogens (tertiary/aromatic N) is 2. The number of likely N-dealkylation sites (tertiary alicyclic amines) is 2. The smallest absolute Gasteiger partial charge is 0.0324 e. The summed E-state index contributed by atoms with van der Waals surface area (Å²) in [5.74, 6) is 0. The third-order valence-electron chi connectivity index (χ3n) is 5.96. The Hall–Kier alpha value is -0.160. The van der Waals surface area contributed by atoms with Crippen molar-refractivity contribution >= 4 is 0 Å². The van der Waals surface area contributed by atoms with Crippen molar-refractivity contribution in [3.05, 3.63) is 0 Å². The minimum Gasteiger partial charge on any atom is -0.327 e. The first kappa shape index (κ1) is 17.2. The summed E-state index contributed by atoms with van der Waals surface area (Å²) in [6.45, 7) is 15.1. The summed E-state index contributed by atoms with van der Waals surface area (Å²) in [5.41, 5.74) is 12.7. The molecule has 3 atom stereocenters. The van der Waals surface area contributed by atoms with Gasteiger partial charge in [-0.3, -0.25) is 9.80 Å². The summed E-state index contributed by atoms with van der Waals surface area (Å²) < 4.78 is 0. The first-order valence-electron chi connectivity index (χ1n) is 8.66. The van der Waals surface area contributed by atoms with Gasteiger partial charge in [0.1, 0.15) is 0 Å². The van der Waals surface area contributed by atoms with Crippen LogP contribution in [0.3, 0.4) is 0 Å². The maximum Gasteiger partial charge on any atom is 0.0324 e. The summed E-state index contributed by atoms with van der Waals surface area (Å²) in [6, 6.07) is 1.24. The molecule has 0 aliphatic carbocycles. The first-order valence-corrected chi connectivity index (χ1v) is 8.66. The number of hydrogen-bond donors (Lipinski definition) is 2. The van der Waals surface area contributed by atoms with Crippen LogP contribution in [0.4, 0.5) is 0 Å². The molecule has 4 nitrogen and oxygen atoms in total. The Balaban J connectivity index is 1.88. The van der Waals surface area contributed by atoms with Gasteiger partial charge in [0.2, 0.25) is 0 Å². The fourth-order valence-corrected chi connectivity index (χ4v) is 3.91. The summed E-state index contributed by atoms with van der Waals surface area (Å²) in [7, 11) is 0. The van der Waals surface area contributed by atoms with E-state index in [9.17, 15) is 0 Å². The number of rotatable bonds is 5. The van der Waals surface area contributed by atoms with Crippen LogP contribution in [-0.2, 0) is 0 Å². The molecule has 1 unspecified atom stereocenters. The summed E-state index contributed by atoms with van der Waals surface area (Å²) in [5, 5.41) is 0. The second kappa shape index (κ2) is 6.15. The Bertz CT molecular complexity index is 353. The van der Waals surface area contributed by atoms with Gasteiger partial charge in [-0.2, -0.15) is 0 Å². The molecule has 0 aromatic heterocycles. The van der Waals surface area contributed by atoms with Crippen LogP contribution >= 0.6 is 0 Å². The Morgan fingerprint density at radius 3 is 2.14 bits per heavy atom. The lowest BCUT2D eigenvalue weighted by Gasteiger charge is -2.54. The van der Waals surface area contributed by atoms with Gasteiger partial charge in [-0.25, -0.2) is 0 Å². The molecular formula is C17H36N4. The van der Waals surface area contributed by atoms with E-state index < -0.39 is 0 Å². The lowest BCUT2D eigenvalue weighted by molar-refractivity contribution is -0.0316. The highest BCUT2D eigenvalue weighted by atomic mass is 15.3. The molecule has 124 valence electrons. The van der Waals surface area contributed by atoms with Crippen LogP contribution in [0, 0.1) is 0 Å². The lowest BCUT2D eigenvalue weighted by atomic mass is 9.82. The van der Waals surface area contributed by atoms with E-state index in [0.717, 1.165) is 13.1 Å². The molecule has 21 heavy (non-hydrogen) atoms. The van der Waals surface area contributed by atoms with Crippen molar-refractivity contribution in [2.75, 3.05) is 19.6 Å².